The molecule has 27 heavy (non-hydrogen) atoms. The molecule has 140 valence electrons. The Kier molecular flexibility index (Phi) is 5.07. The Balaban J connectivity index is 1.76. The van der Waals surface area contributed by atoms with Gasteiger partial charge in [0.25, 0.3) is 5.91 Å². The standard InChI is InChI=1S/C19H21N5O3/c1-11-15(12(2)24-19(22-11)16(10-21-24)18(20)26)7-8-17(25)23-13-5-4-6-14(9-13)27-3/h4-6,9-10H,7-8H2,1-3H3,(H2,20,26)(H,23,25). The van der Waals surface area contributed by atoms with Crippen LogP contribution < -0.4 is 15.8 Å². The van der Waals surface area contributed by atoms with Crippen LogP contribution in [0.4, 0.5) is 5.69 Å². The highest BCUT2D eigenvalue weighted by Gasteiger charge is 2.17. The summed E-state index contributed by atoms with van der Waals surface area (Å²) in [6, 6.07) is 7.19. The van der Waals surface area contributed by atoms with Crippen LogP contribution in [0.3, 0.4) is 0 Å². The first kappa shape index (κ1) is 18.4. The van der Waals surface area contributed by atoms with Gasteiger partial charge in [0.15, 0.2) is 5.65 Å². The molecule has 0 saturated heterocycles. The van der Waals surface area contributed by atoms with Crippen molar-refractivity contribution >= 4 is 23.1 Å². The number of anilines is 1. The van der Waals surface area contributed by atoms with Gasteiger partial charge in [-0.05, 0) is 38.0 Å². The highest BCUT2D eigenvalue weighted by molar-refractivity contribution is 5.98. The van der Waals surface area contributed by atoms with Gasteiger partial charge in [-0.1, -0.05) is 6.07 Å². The number of hydrogen-bond donors (Lipinski definition) is 2. The smallest absolute Gasteiger partial charge is 0.254 e. The van der Waals surface area contributed by atoms with E-state index < -0.39 is 5.91 Å². The van der Waals surface area contributed by atoms with Crippen LogP contribution in [0.25, 0.3) is 5.65 Å². The van der Waals surface area contributed by atoms with Gasteiger partial charge in [0, 0.05) is 29.6 Å². The maximum atomic E-state index is 12.3. The van der Waals surface area contributed by atoms with Crippen molar-refractivity contribution in [2.45, 2.75) is 26.7 Å². The van der Waals surface area contributed by atoms with Crippen molar-refractivity contribution < 1.29 is 14.3 Å². The maximum Gasteiger partial charge on any atom is 0.254 e. The van der Waals surface area contributed by atoms with Crippen LogP contribution in [0.2, 0.25) is 0 Å². The van der Waals surface area contributed by atoms with Crippen molar-refractivity contribution in [1.29, 1.82) is 0 Å². The summed E-state index contributed by atoms with van der Waals surface area (Å²) in [5.74, 6) is 0.000218. The van der Waals surface area contributed by atoms with E-state index in [4.69, 9.17) is 10.5 Å². The molecule has 0 spiro atoms. The Morgan fingerprint density at radius 3 is 2.78 bits per heavy atom. The number of carbonyl (C=O) groups is 2. The number of rotatable bonds is 6. The number of methoxy groups -OCH3 is 1. The lowest BCUT2D eigenvalue weighted by molar-refractivity contribution is -0.116. The van der Waals surface area contributed by atoms with Crippen molar-refractivity contribution in [3.8, 4) is 5.75 Å². The number of nitrogens with two attached hydrogens (primary N) is 1. The van der Waals surface area contributed by atoms with Gasteiger partial charge in [0.2, 0.25) is 5.91 Å². The van der Waals surface area contributed by atoms with Crippen LogP contribution in [0.15, 0.2) is 30.5 Å². The molecule has 2 heterocycles. The molecule has 8 nitrogen and oxygen atoms in total. The average Bonchev–Trinajstić information content (AvgIpc) is 3.05. The fourth-order valence-electron chi connectivity index (χ4n) is 3.01. The molecule has 0 unspecified atom stereocenters. The molecule has 3 N–H and O–H groups in total. The molecule has 2 aromatic heterocycles. The molecule has 1 aromatic carbocycles. The first-order valence-corrected chi connectivity index (χ1v) is 8.48. The van der Waals surface area contributed by atoms with Gasteiger partial charge >= 0.3 is 0 Å². The van der Waals surface area contributed by atoms with Crippen molar-refractivity contribution in [2.75, 3.05) is 12.4 Å². The predicted octanol–water partition coefficient (Wildman–Crippen LogP) is 2.02. The predicted molar refractivity (Wildman–Crippen MR) is 101 cm³/mol. The summed E-state index contributed by atoms with van der Waals surface area (Å²) in [4.78, 5) is 28.2. The normalized spacial score (nSPS) is 10.8. The molecule has 0 radical (unpaired) electrons. The minimum atomic E-state index is -0.568. The summed E-state index contributed by atoms with van der Waals surface area (Å²) >= 11 is 0. The van der Waals surface area contributed by atoms with E-state index in [1.165, 1.54) is 6.20 Å². The van der Waals surface area contributed by atoms with Gasteiger partial charge in [-0.2, -0.15) is 5.10 Å². The minimum absolute atomic E-state index is 0.111. The van der Waals surface area contributed by atoms with Crippen LogP contribution in [0.1, 0.15) is 33.7 Å². The maximum absolute atomic E-state index is 12.3. The third kappa shape index (κ3) is 3.74. The van der Waals surface area contributed by atoms with Gasteiger partial charge in [0.05, 0.1) is 13.3 Å². The number of aryl methyl sites for hydroxylation is 2. The number of carbonyl (C=O) groups excluding carboxylic acids is 2. The summed E-state index contributed by atoms with van der Waals surface area (Å²) in [5.41, 5.74) is 9.25. The third-order valence-corrected chi connectivity index (χ3v) is 4.43. The lowest BCUT2D eigenvalue weighted by Gasteiger charge is -2.12. The average molecular weight is 367 g/mol. The molecule has 0 atom stereocenters. The second kappa shape index (κ2) is 7.45. The van der Waals surface area contributed by atoms with Crippen LogP contribution in [-0.4, -0.2) is 33.5 Å². The Hall–Kier alpha value is -3.42. The largest absolute Gasteiger partial charge is 0.497 e. The fourth-order valence-corrected chi connectivity index (χ4v) is 3.01. The lowest BCUT2D eigenvalue weighted by Crippen LogP contribution is -2.15. The van der Waals surface area contributed by atoms with E-state index in [1.54, 1.807) is 23.8 Å². The van der Waals surface area contributed by atoms with Crippen molar-refractivity contribution in [1.82, 2.24) is 14.6 Å². The molecule has 3 aromatic rings. The molecule has 0 aliphatic carbocycles. The zero-order valence-corrected chi connectivity index (χ0v) is 15.4. The number of primary amides is 1. The summed E-state index contributed by atoms with van der Waals surface area (Å²) in [6.45, 7) is 3.73. The Bertz CT molecular complexity index is 1030. The second-order valence-electron chi connectivity index (χ2n) is 6.20. The van der Waals surface area contributed by atoms with Crippen LogP contribution in [-0.2, 0) is 11.2 Å². The summed E-state index contributed by atoms with van der Waals surface area (Å²) < 4.78 is 6.74. The molecule has 0 aliphatic rings. The van der Waals surface area contributed by atoms with Gasteiger partial charge < -0.3 is 15.8 Å². The van der Waals surface area contributed by atoms with Crippen LogP contribution >= 0.6 is 0 Å². The van der Waals surface area contributed by atoms with Gasteiger partial charge in [0.1, 0.15) is 11.3 Å². The summed E-state index contributed by atoms with van der Waals surface area (Å²) in [7, 11) is 1.58. The van der Waals surface area contributed by atoms with Gasteiger partial charge in [-0.25, -0.2) is 9.50 Å². The van der Waals surface area contributed by atoms with Crippen LogP contribution in [0, 0.1) is 13.8 Å². The van der Waals surface area contributed by atoms with E-state index >= 15 is 0 Å². The minimum Gasteiger partial charge on any atom is -0.497 e. The number of aromatic nitrogens is 3. The highest BCUT2D eigenvalue weighted by atomic mass is 16.5. The van der Waals surface area contributed by atoms with Gasteiger partial charge in [-0.15, -0.1) is 0 Å². The van der Waals surface area contributed by atoms with Crippen molar-refractivity contribution in [3.05, 3.63) is 53.0 Å². The molecule has 8 heteroatoms. The quantitative estimate of drug-likeness (QED) is 0.692. The number of ether oxygens (including phenoxy) is 1. The number of benzene rings is 1. The van der Waals surface area contributed by atoms with E-state index in [9.17, 15) is 9.59 Å². The third-order valence-electron chi connectivity index (χ3n) is 4.43. The van der Waals surface area contributed by atoms with Crippen molar-refractivity contribution in [2.24, 2.45) is 5.73 Å². The SMILES string of the molecule is COc1cccc(NC(=O)CCc2c(C)nc3c(C(N)=O)cnn3c2C)c1. The molecular weight excluding hydrogens is 346 g/mol. The second-order valence-corrected chi connectivity index (χ2v) is 6.20. The van der Waals surface area contributed by atoms with Crippen LogP contribution in [0.5, 0.6) is 5.75 Å². The number of nitrogens with one attached hydrogen (secondary N) is 1. The molecule has 0 bridgehead atoms. The molecule has 3 rings (SSSR count). The zero-order chi connectivity index (χ0) is 19.6. The number of hydrogen-bond acceptors (Lipinski definition) is 5. The Labute approximate surface area is 156 Å². The van der Waals surface area contributed by atoms with Gasteiger partial charge in [-0.3, -0.25) is 9.59 Å². The van der Waals surface area contributed by atoms with E-state index in [2.05, 4.69) is 15.4 Å². The Morgan fingerprint density at radius 2 is 2.07 bits per heavy atom. The first-order chi connectivity index (χ1) is 12.9. The zero-order valence-electron chi connectivity index (χ0n) is 15.4. The fraction of sp³-hybridized carbons (Fsp3) is 0.263. The number of nitrogens with zero attached hydrogens (tertiary/aromatic N) is 3. The van der Waals surface area contributed by atoms with E-state index in [0.29, 0.717) is 23.5 Å². The Morgan fingerprint density at radius 1 is 1.30 bits per heavy atom. The highest BCUT2D eigenvalue weighted by Crippen LogP contribution is 2.20. The molecular formula is C19H21N5O3. The molecule has 0 aliphatic heterocycles. The monoisotopic (exact) mass is 367 g/mol. The summed E-state index contributed by atoms with van der Waals surface area (Å²) in [6.07, 6.45) is 2.20. The molecule has 2 amide bonds. The lowest BCUT2D eigenvalue weighted by atomic mass is 10.1. The van der Waals surface area contributed by atoms with E-state index in [-0.39, 0.29) is 17.9 Å². The molecule has 0 fully saturated rings. The number of amides is 2. The van der Waals surface area contributed by atoms with Crippen molar-refractivity contribution in [3.63, 3.8) is 0 Å². The summed E-state index contributed by atoms with van der Waals surface area (Å²) in [5, 5.41) is 7.05. The topological polar surface area (TPSA) is 112 Å². The van der Waals surface area contributed by atoms with E-state index in [0.717, 1.165) is 17.0 Å². The first-order valence-electron chi connectivity index (χ1n) is 8.48. The number of fused-ring (bicyclic) bond motifs is 1. The van der Waals surface area contributed by atoms with E-state index in [1.807, 2.05) is 26.0 Å². The molecule has 0 saturated carbocycles.